The van der Waals surface area contributed by atoms with Crippen LogP contribution in [0, 0.1) is 5.82 Å². The number of phenols is 1. The number of primary amides is 1. The van der Waals surface area contributed by atoms with Crippen molar-refractivity contribution in [3.8, 4) is 5.75 Å². The van der Waals surface area contributed by atoms with Crippen molar-refractivity contribution in [2.24, 2.45) is 11.5 Å². The van der Waals surface area contributed by atoms with Crippen molar-refractivity contribution < 1.29 is 14.3 Å². The molecule has 1 fully saturated rings. The lowest BCUT2D eigenvalue weighted by molar-refractivity contribution is 0.100. The van der Waals surface area contributed by atoms with Gasteiger partial charge in [-0.2, -0.15) is 0 Å². The second-order valence-electron chi connectivity index (χ2n) is 7.47. The van der Waals surface area contributed by atoms with E-state index in [1.165, 1.54) is 6.07 Å². The lowest BCUT2D eigenvalue weighted by Crippen LogP contribution is -2.43. The van der Waals surface area contributed by atoms with Crippen molar-refractivity contribution in [3.63, 3.8) is 0 Å². The third-order valence-electron chi connectivity index (χ3n) is 5.33. The molecule has 0 saturated heterocycles. The Morgan fingerprint density at radius 3 is 2.77 bits per heavy atom. The minimum atomic E-state index is -0.823. The molecule has 1 aromatic carbocycles. The van der Waals surface area contributed by atoms with E-state index in [9.17, 15) is 14.3 Å². The number of carbonyl (C=O) groups excluding carboxylic acids is 1. The number of nitrogens with one attached hydrogen (secondary N) is 2. The first-order valence-corrected chi connectivity index (χ1v) is 9.79. The van der Waals surface area contributed by atoms with E-state index < -0.39 is 11.7 Å². The van der Waals surface area contributed by atoms with Crippen molar-refractivity contribution in [2.75, 3.05) is 10.6 Å². The number of nitrogens with two attached hydrogens (primary N) is 2. The van der Waals surface area contributed by atoms with Crippen LogP contribution in [0.2, 0.25) is 0 Å². The maximum absolute atomic E-state index is 14.6. The molecule has 7 N–H and O–H groups in total. The van der Waals surface area contributed by atoms with Gasteiger partial charge in [0.1, 0.15) is 17.1 Å². The van der Waals surface area contributed by atoms with E-state index in [4.69, 9.17) is 11.5 Å². The third-order valence-corrected chi connectivity index (χ3v) is 5.33. The SMILES string of the molecule is NC(=O)c1cc(F)c(NC2CCCCC2N)nc1Nc1cc(O)c2ncccc2c1. The van der Waals surface area contributed by atoms with Crippen molar-refractivity contribution in [3.05, 3.63) is 47.9 Å². The number of aromatic nitrogens is 2. The molecular formula is C21H23FN6O2. The van der Waals surface area contributed by atoms with Crippen LogP contribution in [-0.4, -0.2) is 33.1 Å². The van der Waals surface area contributed by atoms with Gasteiger partial charge in [0.05, 0.1) is 5.56 Å². The van der Waals surface area contributed by atoms with Gasteiger partial charge in [-0.05, 0) is 31.0 Å². The number of anilines is 3. The molecule has 2 aromatic heterocycles. The number of hydrogen-bond acceptors (Lipinski definition) is 7. The molecule has 0 bridgehead atoms. The maximum Gasteiger partial charge on any atom is 0.252 e. The topological polar surface area (TPSA) is 139 Å². The number of nitrogens with zero attached hydrogens (tertiary/aromatic N) is 2. The molecule has 0 radical (unpaired) electrons. The summed E-state index contributed by atoms with van der Waals surface area (Å²) in [6, 6.07) is 7.57. The quantitative estimate of drug-likeness (QED) is 0.436. The first-order chi connectivity index (χ1) is 14.4. The summed E-state index contributed by atoms with van der Waals surface area (Å²) in [5.74, 6) is -1.46. The monoisotopic (exact) mass is 410 g/mol. The summed E-state index contributed by atoms with van der Waals surface area (Å²) in [7, 11) is 0. The molecule has 1 aliphatic rings. The van der Waals surface area contributed by atoms with Crippen LogP contribution in [0.1, 0.15) is 36.0 Å². The van der Waals surface area contributed by atoms with Gasteiger partial charge in [0.25, 0.3) is 5.91 Å². The van der Waals surface area contributed by atoms with Gasteiger partial charge in [0.15, 0.2) is 11.6 Å². The predicted octanol–water partition coefficient (Wildman–Crippen LogP) is 3.00. The fourth-order valence-corrected chi connectivity index (χ4v) is 3.77. The predicted molar refractivity (Wildman–Crippen MR) is 113 cm³/mol. The first-order valence-electron chi connectivity index (χ1n) is 9.79. The molecule has 9 heteroatoms. The number of phenolic OH excluding ortho intramolecular Hbond substituents is 1. The Morgan fingerprint density at radius 1 is 1.20 bits per heavy atom. The highest BCUT2D eigenvalue weighted by molar-refractivity contribution is 5.99. The lowest BCUT2D eigenvalue weighted by atomic mass is 9.91. The fraction of sp³-hybridized carbons (Fsp3) is 0.286. The van der Waals surface area contributed by atoms with Crippen molar-refractivity contribution in [1.29, 1.82) is 0 Å². The van der Waals surface area contributed by atoms with Crippen molar-refractivity contribution in [1.82, 2.24) is 9.97 Å². The molecule has 0 spiro atoms. The summed E-state index contributed by atoms with van der Waals surface area (Å²) < 4.78 is 14.6. The molecule has 2 heterocycles. The van der Waals surface area contributed by atoms with E-state index in [0.29, 0.717) is 16.6 Å². The Morgan fingerprint density at radius 2 is 2.00 bits per heavy atom. The molecule has 1 saturated carbocycles. The molecule has 1 aliphatic carbocycles. The van der Waals surface area contributed by atoms with Crippen LogP contribution >= 0.6 is 0 Å². The van der Waals surface area contributed by atoms with Crippen LogP contribution in [0.4, 0.5) is 21.7 Å². The second-order valence-corrected chi connectivity index (χ2v) is 7.47. The summed E-state index contributed by atoms with van der Waals surface area (Å²) in [6.45, 7) is 0. The van der Waals surface area contributed by atoms with Gasteiger partial charge < -0.3 is 27.2 Å². The Hall–Kier alpha value is -3.46. The fourth-order valence-electron chi connectivity index (χ4n) is 3.77. The number of fused-ring (bicyclic) bond motifs is 1. The summed E-state index contributed by atoms with van der Waals surface area (Å²) >= 11 is 0. The van der Waals surface area contributed by atoms with Gasteiger partial charge in [-0.3, -0.25) is 9.78 Å². The Balaban J connectivity index is 1.70. The molecule has 4 rings (SSSR count). The zero-order valence-corrected chi connectivity index (χ0v) is 16.2. The molecule has 1 amide bonds. The van der Waals surface area contributed by atoms with Crippen molar-refractivity contribution >= 4 is 34.1 Å². The summed E-state index contributed by atoms with van der Waals surface area (Å²) in [6.07, 6.45) is 5.29. The zero-order valence-electron chi connectivity index (χ0n) is 16.2. The Kier molecular flexibility index (Phi) is 5.37. The molecule has 156 valence electrons. The van der Waals surface area contributed by atoms with E-state index in [1.807, 2.05) is 0 Å². The average Bonchev–Trinajstić information content (AvgIpc) is 2.71. The zero-order chi connectivity index (χ0) is 21.3. The minimum Gasteiger partial charge on any atom is -0.506 e. The van der Waals surface area contributed by atoms with Crippen LogP contribution in [0.25, 0.3) is 10.9 Å². The first kappa shape index (κ1) is 19.8. The van der Waals surface area contributed by atoms with E-state index in [1.54, 1.807) is 24.4 Å². The molecule has 3 aromatic rings. The number of aromatic hydroxyl groups is 1. The van der Waals surface area contributed by atoms with E-state index >= 15 is 0 Å². The maximum atomic E-state index is 14.6. The number of hydrogen-bond donors (Lipinski definition) is 5. The van der Waals surface area contributed by atoms with E-state index in [2.05, 4.69) is 20.6 Å². The van der Waals surface area contributed by atoms with E-state index in [-0.39, 0.29) is 35.0 Å². The van der Waals surface area contributed by atoms with Crippen molar-refractivity contribution in [2.45, 2.75) is 37.8 Å². The third kappa shape index (κ3) is 3.97. The van der Waals surface area contributed by atoms with Crippen LogP contribution in [-0.2, 0) is 0 Å². The van der Waals surface area contributed by atoms with Crippen LogP contribution < -0.4 is 22.1 Å². The molecule has 30 heavy (non-hydrogen) atoms. The molecule has 8 nitrogen and oxygen atoms in total. The van der Waals surface area contributed by atoms with Gasteiger partial charge in [-0.1, -0.05) is 18.9 Å². The standard InChI is InChI=1S/C21H23FN6O2/c22-14-10-13(19(24)30)20(28-21(14)27-16-6-2-1-5-15(16)23)26-12-8-11-4-3-7-25-18(11)17(29)9-12/h3-4,7-10,15-16,29H,1-2,5-6,23H2,(H2,24,30)(H2,26,27,28). The van der Waals surface area contributed by atoms with Gasteiger partial charge in [0, 0.05) is 35.4 Å². The summed E-state index contributed by atoms with van der Waals surface area (Å²) in [5, 5.41) is 17.0. The normalized spacial score (nSPS) is 18.9. The van der Waals surface area contributed by atoms with Gasteiger partial charge in [0.2, 0.25) is 0 Å². The van der Waals surface area contributed by atoms with Crippen LogP contribution in [0.15, 0.2) is 36.5 Å². The summed E-state index contributed by atoms with van der Waals surface area (Å²) in [4.78, 5) is 20.3. The number of pyridine rings is 2. The number of amides is 1. The molecular weight excluding hydrogens is 387 g/mol. The highest BCUT2D eigenvalue weighted by Gasteiger charge is 2.24. The highest BCUT2D eigenvalue weighted by Crippen LogP contribution is 2.31. The molecule has 2 atom stereocenters. The number of rotatable bonds is 5. The van der Waals surface area contributed by atoms with Gasteiger partial charge >= 0.3 is 0 Å². The number of benzene rings is 1. The summed E-state index contributed by atoms with van der Waals surface area (Å²) in [5.41, 5.74) is 12.4. The average molecular weight is 410 g/mol. The molecule has 2 unspecified atom stereocenters. The van der Waals surface area contributed by atoms with Gasteiger partial charge in [-0.15, -0.1) is 0 Å². The van der Waals surface area contributed by atoms with Crippen LogP contribution in [0.3, 0.4) is 0 Å². The smallest absolute Gasteiger partial charge is 0.252 e. The Bertz CT molecular complexity index is 1110. The lowest BCUT2D eigenvalue weighted by Gasteiger charge is -2.30. The largest absolute Gasteiger partial charge is 0.506 e. The van der Waals surface area contributed by atoms with Gasteiger partial charge in [-0.25, -0.2) is 9.37 Å². The highest BCUT2D eigenvalue weighted by atomic mass is 19.1. The molecule has 0 aliphatic heterocycles. The Labute approximate surface area is 172 Å². The second kappa shape index (κ2) is 8.11. The van der Waals surface area contributed by atoms with E-state index in [0.717, 1.165) is 31.7 Å². The minimum absolute atomic E-state index is 0.00322. The van der Waals surface area contributed by atoms with Crippen LogP contribution in [0.5, 0.6) is 5.75 Å². The number of carbonyl (C=O) groups is 1. The number of halogens is 1.